The Morgan fingerprint density at radius 3 is 2.46 bits per heavy atom. The van der Waals surface area contributed by atoms with Crippen LogP contribution in [0.15, 0.2) is 23.4 Å². The summed E-state index contributed by atoms with van der Waals surface area (Å²) in [5, 5.41) is 12.0. The molecule has 0 N–H and O–H groups in total. The van der Waals surface area contributed by atoms with E-state index in [-0.39, 0.29) is 16.6 Å². The van der Waals surface area contributed by atoms with Crippen molar-refractivity contribution in [3.8, 4) is 11.5 Å². The van der Waals surface area contributed by atoms with E-state index < -0.39 is 0 Å². The van der Waals surface area contributed by atoms with Crippen molar-refractivity contribution in [2.75, 3.05) is 14.2 Å². The SMILES string of the molecule is COc1ccc(C(=O)C(C)Sc2nnnn2C(C)(C)C)cc1OC. The molecule has 0 amide bonds. The Balaban J connectivity index is 2.20. The largest absolute Gasteiger partial charge is 0.493 e. The number of thioether (sulfide) groups is 1. The molecule has 0 bridgehead atoms. The molecule has 0 radical (unpaired) electrons. The average Bonchev–Trinajstić information content (AvgIpc) is 3.01. The quantitative estimate of drug-likeness (QED) is 0.585. The molecule has 2 rings (SSSR count). The van der Waals surface area contributed by atoms with Gasteiger partial charge in [0.05, 0.1) is 25.0 Å². The summed E-state index contributed by atoms with van der Waals surface area (Å²) >= 11 is 1.34. The zero-order valence-corrected chi connectivity index (χ0v) is 15.5. The lowest BCUT2D eigenvalue weighted by Crippen LogP contribution is -2.25. The van der Waals surface area contributed by atoms with Crippen LogP contribution in [-0.2, 0) is 5.54 Å². The summed E-state index contributed by atoms with van der Waals surface area (Å²) in [6, 6.07) is 5.14. The Morgan fingerprint density at radius 2 is 1.88 bits per heavy atom. The average molecular weight is 350 g/mol. The number of ether oxygens (including phenoxy) is 2. The van der Waals surface area contributed by atoms with Crippen molar-refractivity contribution in [3.05, 3.63) is 23.8 Å². The summed E-state index contributed by atoms with van der Waals surface area (Å²) in [7, 11) is 3.10. The van der Waals surface area contributed by atoms with E-state index in [1.165, 1.54) is 11.8 Å². The highest BCUT2D eigenvalue weighted by Gasteiger charge is 2.25. The Hall–Kier alpha value is -2.09. The van der Waals surface area contributed by atoms with E-state index in [0.29, 0.717) is 22.2 Å². The van der Waals surface area contributed by atoms with Crippen molar-refractivity contribution in [1.29, 1.82) is 0 Å². The molecule has 0 fully saturated rings. The molecule has 0 saturated heterocycles. The van der Waals surface area contributed by atoms with E-state index in [1.807, 2.05) is 27.7 Å². The second-order valence-electron chi connectivity index (χ2n) is 6.24. The van der Waals surface area contributed by atoms with Gasteiger partial charge < -0.3 is 9.47 Å². The highest BCUT2D eigenvalue weighted by Crippen LogP contribution is 2.31. The number of nitrogens with zero attached hydrogens (tertiary/aromatic N) is 4. The summed E-state index contributed by atoms with van der Waals surface area (Å²) < 4.78 is 12.2. The number of rotatable bonds is 6. The van der Waals surface area contributed by atoms with Crippen LogP contribution in [0, 0.1) is 0 Å². The number of carbonyl (C=O) groups is 1. The topological polar surface area (TPSA) is 79.1 Å². The van der Waals surface area contributed by atoms with Gasteiger partial charge in [0.2, 0.25) is 5.16 Å². The van der Waals surface area contributed by atoms with E-state index in [0.717, 1.165) is 0 Å². The van der Waals surface area contributed by atoms with E-state index >= 15 is 0 Å². The number of methoxy groups -OCH3 is 2. The van der Waals surface area contributed by atoms with Gasteiger partial charge in [-0.15, -0.1) is 5.10 Å². The molecule has 0 aliphatic heterocycles. The van der Waals surface area contributed by atoms with Crippen LogP contribution in [0.3, 0.4) is 0 Å². The second kappa shape index (κ2) is 7.21. The van der Waals surface area contributed by atoms with Crippen molar-refractivity contribution in [1.82, 2.24) is 20.2 Å². The number of tetrazole rings is 1. The number of Topliss-reactive ketones (excluding diaryl/α,β-unsaturated/α-hetero) is 1. The number of aromatic nitrogens is 4. The predicted octanol–water partition coefficient (Wildman–Crippen LogP) is 2.81. The molecule has 0 aliphatic carbocycles. The van der Waals surface area contributed by atoms with Crippen LogP contribution in [0.2, 0.25) is 0 Å². The zero-order valence-electron chi connectivity index (χ0n) is 14.7. The fraction of sp³-hybridized carbons (Fsp3) is 0.500. The molecule has 1 aromatic heterocycles. The Kier molecular flexibility index (Phi) is 5.48. The van der Waals surface area contributed by atoms with Crippen molar-refractivity contribution in [2.45, 2.75) is 43.6 Å². The van der Waals surface area contributed by atoms with Gasteiger partial charge in [-0.25, -0.2) is 4.68 Å². The van der Waals surface area contributed by atoms with Crippen LogP contribution < -0.4 is 9.47 Å². The van der Waals surface area contributed by atoms with E-state index in [4.69, 9.17) is 9.47 Å². The maximum atomic E-state index is 12.7. The number of ketones is 1. The molecule has 0 saturated carbocycles. The first-order chi connectivity index (χ1) is 11.3. The summed E-state index contributed by atoms with van der Waals surface area (Å²) in [5.74, 6) is 1.09. The first kappa shape index (κ1) is 18.3. The number of hydrogen-bond donors (Lipinski definition) is 0. The smallest absolute Gasteiger partial charge is 0.210 e. The zero-order chi connectivity index (χ0) is 17.9. The first-order valence-corrected chi connectivity index (χ1v) is 8.37. The molecule has 7 nitrogen and oxygen atoms in total. The number of benzene rings is 1. The van der Waals surface area contributed by atoms with Gasteiger partial charge in [-0.1, -0.05) is 11.8 Å². The molecular formula is C16H22N4O3S. The van der Waals surface area contributed by atoms with Gasteiger partial charge in [0.25, 0.3) is 0 Å². The number of carbonyl (C=O) groups excluding carboxylic acids is 1. The van der Waals surface area contributed by atoms with Crippen LogP contribution in [0.25, 0.3) is 0 Å². The highest BCUT2D eigenvalue weighted by molar-refractivity contribution is 8.00. The lowest BCUT2D eigenvalue weighted by molar-refractivity contribution is 0.0993. The van der Waals surface area contributed by atoms with Crippen molar-refractivity contribution < 1.29 is 14.3 Å². The van der Waals surface area contributed by atoms with Gasteiger partial charge in [-0.05, 0) is 56.3 Å². The Bertz CT molecular complexity index is 724. The fourth-order valence-corrected chi connectivity index (χ4v) is 3.16. The molecular weight excluding hydrogens is 328 g/mol. The summed E-state index contributed by atoms with van der Waals surface area (Å²) in [4.78, 5) is 12.7. The molecule has 24 heavy (non-hydrogen) atoms. The minimum absolute atomic E-state index is 0.0237. The molecule has 1 unspecified atom stereocenters. The second-order valence-corrected chi connectivity index (χ2v) is 7.55. The maximum absolute atomic E-state index is 12.7. The van der Waals surface area contributed by atoms with Gasteiger partial charge in [0.15, 0.2) is 17.3 Å². The molecule has 8 heteroatoms. The summed E-state index contributed by atoms with van der Waals surface area (Å²) in [6.07, 6.45) is 0. The summed E-state index contributed by atoms with van der Waals surface area (Å²) in [5.41, 5.74) is 0.306. The lowest BCUT2D eigenvalue weighted by atomic mass is 10.1. The monoisotopic (exact) mass is 350 g/mol. The lowest BCUT2D eigenvalue weighted by Gasteiger charge is -2.20. The van der Waals surface area contributed by atoms with Gasteiger partial charge in [0, 0.05) is 5.56 Å². The van der Waals surface area contributed by atoms with Crippen LogP contribution >= 0.6 is 11.8 Å². The predicted molar refractivity (Wildman–Crippen MR) is 92.0 cm³/mol. The van der Waals surface area contributed by atoms with Gasteiger partial charge in [0.1, 0.15) is 0 Å². The van der Waals surface area contributed by atoms with Crippen LogP contribution in [0.4, 0.5) is 0 Å². The van der Waals surface area contributed by atoms with Crippen LogP contribution in [-0.4, -0.2) is 45.5 Å². The third-order valence-electron chi connectivity index (χ3n) is 3.40. The highest BCUT2D eigenvalue weighted by atomic mass is 32.2. The molecule has 130 valence electrons. The minimum Gasteiger partial charge on any atom is -0.493 e. The van der Waals surface area contributed by atoms with Crippen molar-refractivity contribution >= 4 is 17.5 Å². The molecule has 2 aromatic rings. The summed E-state index contributed by atoms with van der Waals surface area (Å²) in [6.45, 7) is 7.86. The third-order valence-corrected chi connectivity index (χ3v) is 4.43. The van der Waals surface area contributed by atoms with Gasteiger partial charge in [-0.3, -0.25) is 4.79 Å². The van der Waals surface area contributed by atoms with E-state index in [9.17, 15) is 4.79 Å². The first-order valence-electron chi connectivity index (χ1n) is 7.49. The normalized spacial score (nSPS) is 12.8. The molecule has 1 aromatic carbocycles. The maximum Gasteiger partial charge on any atom is 0.210 e. The Labute approximate surface area is 145 Å². The minimum atomic E-state index is -0.338. The van der Waals surface area contributed by atoms with E-state index in [2.05, 4.69) is 15.5 Å². The molecule has 0 aliphatic rings. The van der Waals surface area contributed by atoms with Gasteiger partial charge in [-0.2, -0.15) is 0 Å². The molecule has 1 atom stereocenters. The number of hydrogen-bond acceptors (Lipinski definition) is 7. The molecule has 0 spiro atoms. The standard InChI is InChI=1S/C16H22N4O3S/c1-10(24-15-17-18-19-20(15)16(2,3)4)14(21)11-7-8-12(22-5)13(9-11)23-6/h7-10H,1-6H3. The van der Waals surface area contributed by atoms with E-state index in [1.54, 1.807) is 37.1 Å². The van der Waals surface area contributed by atoms with Gasteiger partial charge >= 0.3 is 0 Å². The van der Waals surface area contributed by atoms with Crippen LogP contribution in [0.5, 0.6) is 11.5 Å². The Morgan fingerprint density at radius 1 is 1.21 bits per heavy atom. The van der Waals surface area contributed by atoms with Crippen molar-refractivity contribution in [3.63, 3.8) is 0 Å². The molecule has 1 heterocycles. The van der Waals surface area contributed by atoms with Crippen LogP contribution in [0.1, 0.15) is 38.1 Å². The third kappa shape index (κ3) is 3.87. The fourth-order valence-electron chi connectivity index (χ4n) is 2.11. The van der Waals surface area contributed by atoms with Crippen molar-refractivity contribution in [2.24, 2.45) is 0 Å².